The number of piperidine rings is 1. The van der Waals surface area contributed by atoms with Gasteiger partial charge in [-0.25, -0.2) is 0 Å². The lowest BCUT2D eigenvalue weighted by molar-refractivity contribution is 0.463. The minimum absolute atomic E-state index is 0.518. The molecular formula is C17H28N4S2. The molecule has 0 spiro atoms. The van der Waals surface area contributed by atoms with Crippen LogP contribution >= 0.6 is 23.1 Å². The normalized spacial score (nSPS) is 16.4. The van der Waals surface area contributed by atoms with E-state index in [1.54, 1.807) is 0 Å². The Labute approximate surface area is 148 Å². The van der Waals surface area contributed by atoms with Crippen molar-refractivity contribution in [2.24, 2.45) is 4.99 Å². The lowest BCUT2D eigenvalue weighted by Gasteiger charge is -2.33. The summed E-state index contributed by atoms with van der Waals surface area (Å²) >= 11 is 3.70. The molecule has 1 aliphatic rings. The van der Waals surface area contributed by atoms with E-state index in [2.05, 4.69) is 51.5 Å². The van der Waals surface area contributed by atoms with Gasteiger partial charge in [-0.05, 0) is 37.3 Å². The number of aliphatic imine (C=N–C) groups is 1. The van der Waals surface area contributed by atoms with Crippen LogP contribution in [0.1, 0.15) is 19.8 Å². The Balaban J connectivity index is 1.74. The van der Waals surface area contributed by atoms with Crippen molar-refractivity contribution in [3.05, 3.63) is 30.2 Å². The molecule has 1 fully saturated rings. The van der Waals surface area contributed by atoms with E-state index in [-0.39, 0.29) is 0 Å². The minimum Gasteiger partial charge on any atom is -0.363 e. The van der Waals surface area contributed by atoms with Crippen LogP contribution in [0.4, 0.5) is 5.00 Å². The largest absolute Gasteiger partial charge is 0.363 e. The zero-order valence-electron chi connectivity index (χ0n) is 14.0. The lowest BCUT2D eigenvalue weighted by Crippen LogP contribution is -2.48. The molecule has 6 heteroatoms. The maximum absolute atomic E-state index is 4.68. The highest BCUT2D eigenvalue weighted by Gasteiger charge is 2.20. The van der Waals surface area contributed by atoms with E-state index in [1.165, 1.54) is 5.00 Å². The molecule has 2 rings (SSSR count). The van der Waals surface area contributed by atoms with Gasteiger partial charge in [0, 0.05) is 37.2 Å². The molecule has 0 atom stereocenters. The smallest absolute Gasteiger partial charge is 0.191 e. The van der Waals surface area contributed by atoms with E-state index < -0.39 is 0 Å². The Kier molecular flexibility index (Phi) is 8.39. The number of thiophene rings is 1. The highest BCUT2D eigenvalue weighted by molar-refractivity contribution is 7.99. The standard InChI is InChI=1S/C17H28N4S2/c1-3-12-22-14-9-19-17(18-4-2)20-15-7-10-21(11-8-15)16-6-5-13-23-16/h3,5-6,13,15H,1,4,7-12,14H2,2H3,(H2,18,19,20). The number of guanidine groups is 1. The molecule has 128 valence electrons. The molecule has 1 aromatic rings. The van der Waals surface area contributed by atoms with Crippen LogP contribution in [0.25, 0.3) is 0 Å². The molecular weight excluding hydrogens is 324 g/mol. The van der Waals surface area contributed by atoms with E-state index in [0.29, 0.717) is 6.04 Å². The maximum Gasteiger partial charge on any atom is 0.191 e. The molecule has 0 amide bonds. The zero-order chi connectivity index (χ0) is 16.3. The highest BCUT2D eigenvalue weighted by atomic mass is 32.2. The van der Waals surface area contributed by atoms with E-state index in [9.17, 15) is 0 Å². The predicted octanol–water partition coefficient (Wildman–Crippen LogP) is 3.19. The molecule has 23 heavy (non-hydrogen) atoms. The number of hydrogen-bond donors (Lipinski definition) is 2. The molecule has 1 saturated heterocycles. The Morgan fingerprint density at radius 2 is 2.35 bits per heavy atom. The van der Waals surface area contributed by atoms with E-state index in [0.717, 1.165) is 56.5 Å². The van der Waals surface area contributed by atoms with Gasteiger partial charge in [0.15, 0.2) is 5.96 Å². The van der Waals surface area contributed by atoms with Gasteiger partial charge in [0.05, 0.1) is 11.5 Å². The van der Waals surface area contributed by atoms with Crippen molar-refractivity contribution in [1.82, 2.24) is 10.6 Å². The third-order valence-electron chi connectivity index (χ3n) is 3.74. The van der Waals surface area contributed by atoms with Crippen LogP contribution in [-0.4, -0.2) is 49.7 Å². The summed E-state index contributed by atoms with van der Waals surface area (Å²) in [6, 6.07) is 4.86. The van der Waals surface area contributed by atoms with Crippen molar-refractivity contribution in [1.29, 1.82) is 0 Å². The number of nitrogens with one attached hydrogen (secondary N) is 2. The number of hydrogen-bond acceptors (Lipinski definition) is 4. The zero-order valence-corrected chi connectivity index (χ0v) is 15.6. The van der Waals surface area contributed by atoms with E-state index >= 15 is 0 Å². The summed E-state index contributed by atoms with van der Waals surface area (Å²) in [6.45, 7) is 9.84. The number of anilines is 1. The van der Waals surface area contributed by atoms with Crippen LogP contribution in [0.3, 0.4) is 0 Å². The SMILES string of the molecule is C=CCSCCN=C(NCC)NC1CCN(c2cccs2)CC1. The second-order valence-electron chi connectivity index (χ2n) is 5.48. The van der Waals surface area contributed by atoms with Gasteiger partial charge in [0.1, 0.15) is 0 Å². The molecule has 0 unspecified atom stereocenters. The van der Waals surface area contributed by atoms with Gasteiger partial charge in [-0.2, -0.15) is 11.8 Å². The van der Waals surface area contributed by atoms with Crippen LogP contribution in [-0.2, 0) is 0 Å². The fourth-order valence-electron chi connectivity index (χ4n) is 2.60. The third kappa shape index (κ3) is 6.47. The predicted molar refractivity (Wildman–Crippen MR) is 106 cm³/mol. The Morgan fingerprint density at radius 3 is 3.00 bits per heavy atom. The summed E-state index contributed by atoms with van der Waals surface area (Å²) in [4.78, 5) is 7.16. The summed E-state index contributed by atoms with van der Waals surface area (Å²) in [5.41, 5.74) is 0. The molecule has 0 bridgehead atoms. The maximum atomic E-state index is 4.68. The average molecular weight is 353 g/mol. The molecule has 0 aliphatic carbocycles. The molecule has 0 saturated carbocycles. The fourth-order valence-corrected chi connectivity index (χ4v) is 3.94. The van der Waals surface area contributed by atoms with Gasteiger partial charge >= 0.3 is 0 Å². The lowest BCUT2D eigenvalue weighted by atomic mass is 10.1. The number of nitrogens with zero attached hydrogens (tertiary/aromatic N) is 2. The molecule has 2 N–H and O–H groups in total. The summed E-state index contributed by atoms with van der Waals surface area (Å²) in [5.74, 6) is 3.00. The minimum atomic E-state index is 0.518. The van der Waals surface area contributed by atoms with Crippen molar-refractivity contribution < 1.29 is 0 Å². The first-order chi connectivity index (χ1) is 11.3. The molecule has 2 heterocycles. The van der Waals surface area contributed by atoms with Gasteiger partial charge in [-0.1, -0.05) is 6.08 Å². The summed E-state index contributed by atoms with van der Waals surface area (Å²) in [7, 11) is 0. The van der Waals surface area contributed by atoms with Gasteiger partial charge < -0.3 is 15.5 Å². The van der Waals surface area contributed by atoms with Crippen molar-refractivity contribution in [2.75, 3.05) is 42.6 Å². The highest BCUT2D eigenvalue weighted by Crippen LogP contribution is 2.24. The van der Waals surface area contributed by atoms with Crippen molar-refractivity contribution in [2.45, 2.75) is 25.8 Å². The van der Waals surface area contributed by atoms with Gasteiger partial charge in [0.25, 0.3) is 0 Å². The first-order valence-electron chi connectivity index (χ1n) is 8.35. The van der Waals surface area contributed by atoms with Crippen LogP contribution in [0.15, 0.2) is 35.2 Å². The number of rotatable bonds is 8. The Hall–Kier alpha value is -1.14. The average Bonchev–Trinajstić information content (AvgIpc) is 3.10. The number of thioether (sulfide) groups is 1. The molecule has 0 aromatic carbocycles. The van der Waals surface area contributed by atoms with Gasteiger partial charge in [-0.3, -0.25) is 4.99 Å². The topological polar surface area (TPSA) is 39.7 Å². The summed E-state index contributed by atoms with van der Waals surface area (Å²) in [6.07, 6.45) is 4.26. The monoisotopic (exact) mass is 352 g/mol. The first-order valence-corrected chi connectivity index (χ1v) is 10.4. The second kappa shape index (κ2) is 10.6. The van der Waals surface area contributed by atoms with Crippen molar-refractivity contribution in [3.63, 3.8) is 0 Å². The van der Waals surface area contributed by atoms with Gasteiger partial charge in [-0.15, -0.1) is 17.9 Å². The van der Waals surface area contributed by atoms with Crippen LogP contribution in [0.2, 0.25) is 0 Å². The molecule has 4 nitrogen and oxygen atoms in total. The summed E-state index contributed by atoms with van der Waals surface area (Å²) in [5, 5.41) is 10.5. The fraction of sp³-hybridized carbons (Fsp3) is 0.588. The summed E-state index contributed by atoms with van der Waals surface area (Å²) < 4.78 is 0. The van der Waals surface area contributed by atoms with Crippen LogP contribution in [0.5, 0.6) is 0 Å². The Bertz CT molecular complexity index is 465. The van der Waals surface area contributed by atoms with E-state index in [4.69, 9.17) is 0 Å². The second-order valence-corrected chi connectivity index (χ2v) is 7.56. The van der Waals surface area contributed by atoms with Crippen molar-refractivity contribution in [3.8, 4) is 0 Å². The Morgan fingerprint density at radius 1 is 1.52 bits per heavy atom. The van der Waals surface area contributed by atoms with E-state index in [1.807, 2.05) is 29.2 Å². The molecule has 1 aliphatic heterocycles. The van der Waals surface area contributed by atoms with Crippen molar-refractivity contribution >= 4 is 34.1 Å². The molecule has 1 aromatic heterocycles. The molecule has 0 radical (unpaired) electrons. The quantitative estimate of drug-likeness (QED) is 0.326. The third-order valence-corrected chi connectivity index (χ3v) is 5.61. The van der Waals surface area contributed by atoms with Gasteiger partial charge in [0.2, 0.25) is 0 Å². The van der Waals surface area contributed by atoms with Crippen LogP contribution < -0.4 is 15.5 Å². The van der Waals surface area contributed by atoms with Crippen LogP contribution in [0, 0.1) is 0 Å². The first kappa shape index (κ1) is 18.2.